The number of unbranched alkanes of at least 4 members (excludes halogenated alkanes) is 2. The Morgan fingerprint density at radius 2 is 2.00 bits per heavy atom. The number of likely N-dealkylation sites (tertiary alicyclic amines) is 1. The second-order valence-electron chi connectivity index (χ2n) is 6.02. The van der Waals surface area contributed by atoms with Gasteiger partial charge in [-0.15, -0.1) is 0 Å². The number of carbonyl (C=O) groups is 1. The van der Waals surface area contributed by atoms with Crippen molar-refractivity contribution in [3.63, 3.8) is 0 Å². The number of hydrogen-bond acceptors (Lipinski definition) is 2. The first-order chi connectivity index (χ1) is 12.3. The van der Waals surface area contributed by atoms with Gasteiger partial charge in [-0.2, -0.15) is 13.2 Å². The van der Waals surface area contributed by atoms with Crippen molar-refractivity contribution < 1.29 is 23.1 Å². The summed E-state index contributed by atoms with van der Waals surface area (Å²) in [5.41, 5.74) is 0. The maximum absolute atomic E-state index is 10.6. The van der Waals surface area contributed by atoms with Crippen LogP contribution in [0.4, 0.5) is 13.2 Å². The minimum atomic E-state index is -5.08. The second-order valence-corrected chi connectivity index (χ2v) is 6.02. The first-order valence-corrected chi connectivity index (χ1v) is 9.17. The van der Waals surface area contributed by atoms with Crippen molar-refractivity contribution in [1.82, 2.24) is 4.90 Å². The molecule has 26 heavy (non-hydrogen) atoms. The molecule has 6 heteroatoms. The highest BCUT2D eigenvalue weighted by atomic mass is 19.4. The fourth-order valence-electron chi connectivity index (χ4n) is 2.61. The van der Waals surface area contributed by atoms with E-state index >= 15 is 0 Å². The van der Waals surface area contributed by atoms with Gasteiger partial charge in [0.15, 0.2) is 0 Å². The molecule has 0 spiro atoms. The van der Waals surface area contributed by atoms with Crippen molar-refractivity contribution in [2.45, 2.75) is 71.0 Å². The first kappa shape index (κ1) is 24.3. The van der Waals surface area contributed by atoms with E-state index in [1.165, 1.54) is 51.6 Å². The Labute approximate surface area is 155 Å². The maximum atomic E-state index is 10.6. The van der Waals surface area contributed by atoms with Crippen LogP contribution in [0.15, 0.2) is 24.3 Å². The Morgan fingerprint density at radius 1 is 1.31 bits per heavy atom. The normalized spacial score (nSPS) is 17.8. The third kappa shape index (κ3) is 12.6. The standard InChI is InChI=1S/C18H29N.C2HF3O2/c1-3-5-6-7-8-9-10-11-12-13-15-18-16-14-17-19(18)4-2;3-2(4,5)1(6)7/h7-10,18H,3-6,13-17H2,1-2H3;(H,6,7)/b8-7+,10-9+;/t18-;/m0./s1. The SMILES string of the molecule is CCCC/C=C/C=C/C#CCC[C@H]1CCCN1CC.O=C(O)C(F)(F)F. The van der Waals surface area contributed by atoms with Crippen LogP contribution in [0.25, 0.3) is 0 Å². The topological polar surface area (TPSA) is 40.5 Å². The van der Waals surface area contributed by atoms with E-state index in [1.54, 1.807) is 0 Å². The zero-order valence-corrected chi connectivity index (χ0v) is 15.7. The van der Waals surface area contributed by atoms with Gasteiger partial charge in [-0.05, 0) is 44.8 Å². The largest absolute Gasteiger partial charge is 0.490 e. The Morgan fingerprint density at radius 3 is 2.58 bits per heavy atom. The number of nitrogens with zero attached hydrogens (tertiary/aromatic N) is 1. The van der Waals surface area contributed by atoms with E-state index < -0.39 is 12.1 Å². The van der Waals surface area contributed by atoms with Gasteiger partial charge in [-0.25, -0.2) is 4.79 Å². The average Bonchev–Trinajstić information content (AvgIpc) is 3.03. The van der Waals surface area contributed by atoms with Gasteiger partial charge in [0.25, 0.3) is 0 Å². The lowest BCUT2D eigenvalue weighted by Crippen LogP contribution is -2.28. The smallest absolute Gasteiger partial charge is 0.475 e. The summed E-state index contributed by atoms with van der Waals surface area (Å²) < 4.78 is 31.7. The molecule has 0 aromatic rings. The molecule has 1 aliphatic heterocycles. The highest BCUT2D eigenvalue weighted by Gasteiger charge is 2.38. The van der Waals surface area contributed by atoms with E-state index in [0.29, 0.717) is 0 Å². The molecule has 1 heterocycles. The van der Waals surface area contributed by atoms with E-state index in [1.807, 2.05) is 6.08 Å². The summed E-state index contributed by atoms with van der Waals surface area (Å²) in [5, 5.41) is 7.12. The molecule has 1 atom stereocenters. The van der Waals surface area contributed by atoms with Crippen LogP contribution in [0, 0.1) is 11.8 Å². The third-order valence-electron chi connectivity index (χ3n) is 4.00. The summed E-state index contributed by atoms with van der Waals surface area (Å²) in [7, 11) is 0. The number of rotatable bonds is 7. The molecule has 0 aliphatic carbocycles. The summed E-state index contributed by atoms with van der Waals surface area (Å²) in [5.74, 6) is 3.64. The molecule has 0 unspecified atom stereocenters. The zero-order chi connectivity index (χ0) is 19.8. The second kappa shape index (κ2) is 14.4. The molecular formula is C20H30F3NO2. The highest BCUT2D eigenvalue weighted by molar-refractivity contribution is 5.73. The average molecular weight is 373 g/mol. The molecule has 0 bridgehead atoms. The summed E-state index contributed by atoms with van der Waals surface area (Å²) in [6.07, 6.45) is 12.0. The number of allylic oxidation sites excluding steroid dienone is 4. The van der Waals surface area contributed by atoms with Gasteiger partial charge >= 0.3 is 12.1 Å². The van der Waals surface area contributed by atoms with Crippen LogP contribution < -0.4 is 0 Å². The van der Waals surface area contributed by atoms with Gasteiger partial charge in [0.05, 0.1) is 0 Å². The van der Waals surface area contributed by atoms with Crippen LogP contribution in [0.2, 0.25) is 0 Å². The predicted molar refractivity (Wildman–Crippen MR) is 98.8 cm³/mol. The molecule has 0 radical (unpaired) electrons. The summed E-state index contributed by atoms with van der Waals surface area (Å²) in [6, 6.07) is 0.789. The molecule has 1 N–H and O–H groups in total. The molecule has 1 rings (SSSR count). The maximum Gasteiger partial charge on any atom is 0.490 e. The molecule has 0 saturated carbocycles. The minimum Gasteiger partial charge on any atom is -0.475 e. The molecule has 1 fully saturated rings. The lowest BCUT2D eigenvalue weighted by atomic mass is 10.1. The van der Waals surface area contributed by atoms with Gasteiger partial charge in [0, 0.05) is 12.5 Å². The molecule has 0 amide bonds. The highest BCUT2D eigenvalue weighted by Crippen LogP contribution is 2.20. The summed E-state index contributed by atoms with van der Waals surface area (Å²) >= 11 is 0. The predicted octanol–water partition coefficient (Wildman–Crippen LogP) is 5.19. The fourth-order valence-corrected chi connectivity index (χ4v) is 2.61. The molecule has 1 aliphatic rings. The fraction of sp³-hybridized carbons (Fsp3) is 0.650. The van der Waals surface area contributed by atoms with Crippen molar-refractivity contribution in [3.05, 3.63) is 24.3 Å². The van der Waals surface area contributed by atoms with Crippen molar-refractivity contribution in [1.29, 1.82) is 0 Å². The molecule has 0 aromatic heterocycles. The van der Waals surface area contributed by atoms with E-state index in [-0.39, 0.29) is 0 Å². The Bertz CT molecular complexity index is 501. The van der Waals surface area contributed by atoms with Gasteiger partial charge < -0.3 is 10.0 Å². The van der Waals surface area contributed by atoms with Crippen LogP contribution in [0.1, 0.15) is 58.8 Å². The minimum absolute atomic E-state index is 0.789. The molecule has 1 saturated heterocycles. The van der Waals surface area contributed by atoms with Gasteiger partial charge in [-0.3, -0.25) is 0 Å². The number of carboxylic acids is 1. The summed E-state index contributed by atoms with van der Waals surface area (Å²) in [4.78, 5) is 11.5. The van der Waals surface area contributed by atoms with Crippen LogP contribution in [0.3, 0.4) is 0 Å². The Kier molecular flexibility index (Phi) is 13.5. The van der Waals surface area contributed by atoms with Crippen LogP contribution in [-0.2, 0) is 4.79 Å². The van der Waals surface area contributed by atoms with Crippen molar-refractivity contribution in [3.8, 4) is 11.8 Å². The number of aliphatic carboxylic acids is 1. The van der Waals surface area contributed by atoms with E-state index in [4.69, 9.17) is 9.90 Å². The quantitative estimate of drug-likeness (QED) is 0.379. The van der Waals surface area contributed by atoms with E-state index in [0.717, 1.165) is 12.5 Å². The summed E-state index contributed by atoms with van der Waals surface area (Å²) in [6.45, 7) is 6.97. The van der Waals surface area contributed by atoms with Gasteiger partial charge in [0.2, 0.25) is 0 Å². The third-order valence-corrected chi connectivity index (χ3v) is 4.00. The van der Waals surface area contributed by atoms with E-state index in [2.05, 4.69) is 48.8 Å². The van der Waals surface area contributed by atoms with Gasteiger partial charge in [-0.1, -0.05) is 56.8 Å². The van der Waals surface area contributed by atoms with Crippen LogP contribution >= 0.6 is 0 Å². The van der Waals surface area contributed by atoms with Crippen molar-refractivity contribution in [2.75, 3.05) is 13.1 Å². The van der Waals surface area contributed by atoms with Gasteiger partial charge in [0.1, 0.15) is 0 Å². The molecule has 0 aromatic carbocycles. The molecule has 148 valence electrons. The number of carboxylic acid groups (broad SMARTS) is 1. The van der Waals surface area contributed by atoms with Crippen LogP contribution in [0.5, 0.6) is 0 Å². The Hall–Kier alpha value is -1.74. The Balaban J connectivity index is 0.000000758. The first-order valence-electron chi connectivity index (χ1n) is 9.17. The van der Waals surface area contributed by atoms with Crippen LogP contribution in [-0.4, -0.2) is 41.3 Å². The lowest BCUT2D eigenvalue weighted by molar-refractivity contribution is -0.192. The molecular weight excluding hydrogens is 343 g/mol. The number of hydrogen-bond donors (Lipinski definition) is 1. The number of alkyl halides is 3. The van der Waals surface area contributed by atoms with E-state index in [9.17, 15) is 13.2 Å². The van der Waals surface area contributed by atoms with Crippen molar-refractivity contribution in [2.24, 2.45) is 0 Å². The number of halogens is 3. The lowest BCUT2D eigenvalue weighted by Gasteiger charge is -2.21. The monoisotopic (exact) mass is 373 g/mol. The van der Waals surface area contributed by atoms with Crippen molar-refractivity contribution >= 4 is 5.97 Å². The zero-order valence-electron chi connectivity index (χ0n) is 15.7. The molecule has 3 nitrogen and oxygen atoms in total.